The quantitative estimate of drug-likeness (QED) is 0.290. The zero-order valence-electron chi connectivity index (χ0n) is 25.9. The Kier molecular flexibility index (Phi) is 9.84. The van der Waals surface area contributed by atoms with Gasteiger partial charge in [0.25, 0.3) is 11.5 Å². The molecule has 2 fully saturated rings. The average Bonchev–Trinajstić information content (AvgIpc) is 2.99. The third-order valence-corrected chi connectivity index (χ3v) is 9.36. The van der Waals surface area contributed by atoms with Gasteiger partial charge in [-0.25, -0.2) is 0 Å². The van der Waals surface area contributed by atoms with Crippen LogP contribution in [-0.2, 0) is 17.7 Å². The molecule has 1 amide bonds. The number of pyridine rings is 1. The van der Waals surface area contributed by atoms with Crippen LogP contribution in [0.1, 0.15) is 90.2 Å². The lowest BCUT2D eigenvalue weighted by Gasteiger charge is -2.37. The average molecular weight is 570 g/mol. The Morgan fingerprint density at radius 2 is 1.67 bits per heavy atom. The number of aryl methyl sites for hydroxylation is 2. The van der Waals surface area contributed by atoms with Crippen molar-refractivity contribution in [3.8, 4) is 11.1 Å². The second-order valence-corrected chi connectivity index (χ2v) is 12.3. The molecule has 2 heterocycles. The molecule has 1 aliphatic heterocycles. The van der Waals surface area contributed by atoms with Crippen LogP contribution in [0.5, 0.6) is 0 Å². The van der Waals surface area contributed by atoms with Gasteiger partial charge in [-0.15, -0.1) is 0 Å². The van der Waals surface area contributed by atoms with Crippen molar-refractivity contribution in [1.29, 1.82) is 0 Å². The molecule has 2 N–H and O–H groups in total. The molecule has 2 aromatic carbocycles. The van der Waals surface area contributed by atoms with Gasteiger partial charge in [-0.2, -0.15) is 0 Å². The number of hydrogen-bond acceptors (Lipinski definition) is 4. The number of hydrogen-bond donors (Lipinski definition) is 2. The van der Waals surface area contributed by atoms with Crippen LogP contribution in [0.15, 0.2) is 47.3 Å². The lowest BCUT2D eigenvalue weighted by molar-refractivity contribution is 0.0846. The molecule has 1 saturated heterocycles. The van der Waals surface area contributed by atoms with Crippen LogP contribution in [0.4, 0.5) is 5.69 Å². The van der Waals surface area contributed by atoms with Crippen LogP contribution in [0, 0.1) is 26.7 Å². The van der Waals surface area contributed by atoms with Crippen molar-refractivity contribution in [2.75, 3.05) is 24.7 Å². The number of nitrogens with one attached hydrogen (secondary N) is 2. The Hall–Kier alpha value is -3.38. The van der Waals surface area contributed by atoms with Gasteiger partial charge in [0, 0.05) is 54.9 Å². The molecule has 0 spiro atoms. The zero-order valence-corrected chi connectivity index (χ0v) is 25.9. The van der Waals surface area contributed by atoms with E-state index in [0.29, 0.717) is 17.2 Å². The van der Waals surface area contributed by atoms with Crippen molar-refractivity contribution in [1.82, 2.24) is 10.3 Å². The number of carbonyl (C=O) groups is 1. The van der Waals surface area contributed by atoms with Gasteiger partial charge in [-0.05, 0) is 98.9 Å². The summed E-state index contributed by atoms with van der Waals surface area (Å²) in [5.41, 5.74) is 8.42. The van der Waals surface area contributed by atoms with Crippen molar-refractivity contribution < 1.29 is 9.53 Å². The van der Waals surface area contributed by atoms with Crippen LogP contribution in [0.3, 0.4) is 0 Å². The van der Waals surface area contributed by atoms with E-state index < -0.39 is 0 Å². The Labute approximate surface area is 250 Å². The third kappa shape index (κ3) is 6.97. The second kappa shape index (κ2) is 13.7. The van der Waals surface area contributed by atoms with Crippen LogP contribution in [-0.4, -0.2) is 36.7 Å². The summed E-state index contributed by atoms with van der Waals surface area (Å²) in [7, 11) is 0. The van der Waals surface area contributed by atoms with E-state index in [2.05, 4.69) is 52.5 Å². The first-order valence-corrected chi connectivity index (χ1v) is 15.9. The number of rotatable bonds is 9. The Morgan fingerprint density at radius 1 is 0.952 bits per heavy atom. The summed E-state index contributed by atoms with van der Waals surface area (Å²) in [4.78, 5) is 31.7. The maximum absolute atomic E-state index is 13.8. The Bertz CT molecular complexity index is 1430. The standard InChI is InChI=1S/C36H47N3O3/c1-5-39(31-15-17-42-18-16-31)34-22-30(29-13-11-28(12-14-29)20-27-9-7-6-8-10-27)21-32(26(34)4)35(40)37-23-33-24(2)19-25(3)38-36(33)41/h11-14,19,21-22,27,31H,5-10,15-18,20,23H2,1-4H3,(H,37,40)(H,38,41). The second-order valence-electron chi connectivity index (χ2n) is 12.3. The van der Waals surface area contributed by atoms with Crippen LogP contribution in [0.2, 0.25) is 0 Å². The summed E-state index contributed by atoms with van der Waals surface area (Å²) in [6, 6.07) is 15.6. The normalized spacial score (nSPS) is 16.4. The van der Waals surface area contributed by atoms with Gasteiger partial charge >= 0.3 is 0 Å². The number of amides is 1. The van der Waals surface area contributed by atoms with Crippen molar-refractivity contribution in [3.63, 3.8) is 0 Å². The third-order valence-electron chi connectivity index (χ3n) is 9.36. The van der Waals surface area contributed by atoms with Crippen molar-refractivity contribution in [2.45, 2.75) is 91.6 Å². The molecule has 0 atom stereocenters. The van der Waals surface area contributed by atoms with E-state index in [9.17, 15) is 9.59 Å². The molecule has 5 rings (SSSR count). The number of ether oxygens (including phenoxy) is 1. The minimum absolute atomic E-state index is 0.149. The summed E-state index contributed by atoms with van der Waals surface area (Å²) in [5, 5.41) is 3.06. The van der Waals surface area contributed by atoms with Crippen molar-refractivity contribution in [3.05, 3.63) is 86.3 Å². The molecule has 1 aliphatic carbocycles. The first-order chi connectivity index (χ1) is 20.3. The minimum atomic E-state index is -0.160. The molecule has 224 valence electrons. The van der Waals surface area contributed by atoms with Gasteiger partial charge in [0.15, 0.2) is 0 Å². The Balaban J connectivity index is 1.46. The fourth-order valence-electron chi connectivity index (χ4n) is 6.94. The lowest BCUT2D eigenvalue weighted by atomic mass is 9.84. The molecule has 0 bridgehead atoms. The fourth-order valence-corrected chi connectivity index (χ4v) is 6.94. The number of aromatic nitrogens is 1. The first kappa shape index (κ1) is 30.1. The smallest absolute Gasteiger partial charge is 0.253 e. The molecular formula is C36H47N3O3. The number of H-pyrrole nitrogens is 1. The lowest BCUT2D eigenvalue weighted by Crippen LogP contribution is -2.40. The molecule has 1 aromatic heterocycles. The SMILES string of the molecule is CCN(c1cc(-c2ccc(CC3CCCCC3)cc2)cc(C(=O)NCc2c(C)cc(C)[nH]c2=O)c1C)C1CCOCC1. The van der Waals surface area contributed by atoms with Gasteiger partial charge in [-0.3, -0.25) is 9.59 Å². The summed E-state index contributed by atoms with van der Waals surface area (Å²) in [6.45, 7) is 10.6. The van der Waals surface area contributed by atoms with Crippen molar-refractivity contribution in [2.24, 2.45) is 5.92 Å². The maximum atomic E-state index is 13.8. The van der Waals surface area contributed by atoms with Gasteiger partial charge < -0.3 is 19.9 Å². The molecule has 0 unspecified atom stereocenters. The molecular weight excluding hydrogens is 522 g/mol. The highest BCUT2D eigenvalue weighted by Gasteiger charge is 2.25. The van der Waals surface area contributed by atoms with E-state index in [1.54, 1.807) is 0 Å². The van der Waals surface area contributed by atoms with Crippen LogP contribution < -0.4 is 15.8 Å². The number of anilines is 1. The van der Waals surface area contributed by atoms with E-state index >= 15 is 0 Å². The summed E-state index contributed by atoms with van der Waals surface area (Å²) in [6.07, 6.45) is 9.89. The van der Waals surface area contributed by atoms with E-state index in [1.165, 1.54) is 37.7 Å². The highest BCUT2D eigenvalue weighted by atomic mass is 16.5. The van der Waals surface area contributed by atoms with Gasteiger partial charge in [-0.1, -0.05) is 56.4 Å². The summed E-state index contributed by atoms with van der Waals surface area (Å²) in [5.74, 6) is 0.639. The summed E-state index contributed by atoms with van der Waals surface area (Å²) < 4.78 is 5.66. The molecule has 42 heavy (non-hydrogen) atoms. The van der Waals surface area contributed by atoms with Gasteiger partial charge in [0.2, 0.25) is 0 Å². The Morgan fingerprint density at radius 3 is 2.33 bits per heavy atom. The van der Waals surface area contributed by atoms with E-state index in [0.717, 1.165) is 78.6 Å². The van der Waals surface area contributed by atoms with Gasteiger partial charge in [0.1, 0.15) is 0 Å². The molecule has 3 aromatic rings. The van der Waals surface area contributed by atoms with Crippen LogP contribution >= 0.6 is 0 Å². The number of carbonyl (C=O) groups excluding carboxylic acids is 1. The molecule has 6 heteroatoms. The van der Waals surface area contributed by atoms with Crippen molar-refractivity contribution >= 4 is 11.6 Å². The highest BCUT2D eigenvalue weighted by Crippen LogP contribution is 2.34. The predicted molar refractivity (Wildman–Crippen MR) is 171 cm³/mol. The van der Waals surface area contributed by atoms with Gasteiger partial charge in [0.05, 0.1) is 0 Å². The predicted octanol–water partition coefficient (Wildman–Crippen LogP) is 7.03. The number of nitrogens with zero attached hydrogens (tertiary/aromatic N) is 1. The molecule has 2 aliphatic rings. The molecule has 0 radical (unpaired) electrons. The van der Waals surface area contributed by atoms with E-state index in [1.807, 2.05) is 32.9 Å². The maximum Gasteiger partial charge on any atom is 0.253 e. The zero-order chi connectivity index (χ0) is 29.6. The first-order valence-electron chi connectivity index (χ1n) is 15.9. The largest absolute Gasteiger partial charge is 0.381 e. The minimum Gasteiger partial charge on any atom is -0.381 e. The molecule has 6 nitrogen and oxygen atoms in total. The van der Waals surface area contributed by atoms with E-state index in [-0.39, 0.29) is 18.0 Å². The fraction of sp³-hybridized carbons (Fsp3) is 0.500. The highest BCUT2D eigenvalue weighted by molar-refractivity contribution is 5.99. The number of aromatic amines is 1. The summed E-state index contributed by atoms with van der Waals surface area (Å²) >= 11 is 0. The topological polar surface area (TPSA) is 74.4 Å². The monoisotopic (exact) mass is 569 g/mol. The molecule has 1 saturated carbocycles. The van der Waals surface area contributed by atoms with Crippen LogP contribution in [0.25, 0.3) is 11.1 Å². The van der Waals surface area contributed by atoms with E-state index in [4.69, 9.17) is 4.74 Å². The number of benzene rings is 2.